The van der Waals surface area contributed by atoms with E-state index >= 15 is 0 Å². The second-order valence-electron chi connectivity index (χ2n) is 7.92. The molecule has 6 nitrogen and oxygen atoms in total. The van der Waals surface area contributed by atoms with E-state index in [9.17, 15) is 14.9 Å². The molecule has 160 valence electrons. The minimum absolute atomic E-state index is 0.0318. The second kappa shape index (κ2) is 9.36. The van der Waals surface area contributed by atoms with Crippen molar-refractivity contribution >= 4 is 46.1 Å². The average molecular weight is 445 g/mol. The summed E-state index contributed by atoms with van der Waals surface area (Å²) in [7, 11) is 1.71. The van der Waals surface area contributed by atoms with E-state index in [1.54, 1.807) is 23.4 Å². The molecule has 3 rings (SSSR count). The van der Waals surface area contributed by atoms with E-state index in [0.29, 0.717) is 14.8 Å². The number of nitriles is 1. The van der Waals surface area contributed by atoms with Crippen LogP contribution < -0.4 is 10.5 Å². The lowest BCUT2D eigenvalue weighted by atomic mass is 10.0. The Morgan fingerprint density at radius 3 is 2.43 bits per heavy atom. The van der Waals surface area contributed by atoms with Crippen molar-refractivity contribution in [3.63, 3.8) is 0 Å². The fraction of sp³-hybridized carbons (Fsp3) is 0.545. The summed E-state index contributed by atoms with van der Waals surface area (Å²) in [4.78, 5) is 30.4. The van der Waals surface area contributed by atoms with Crippen LogP contribution in [0.2, 0.25) is 0 Å². The van der Waals surface area contributed by atoms with E-state index in [2.05, 4.69) is 11.0 Å². The first-order valence-corrected chi connectivity index (χ1v) is 11.7. The van der Waals surface area contributed by atoms with Crippen molar-refractivity contribution in [1.82, 2.24) is 9.47 Å². The summed E-state index contributed by atoms with van der Waals surface area (Å²) in [5, 5.41) is 9.60. The van der Waals surface area contributed by atoms with Crippen LogP contribution in [0.5, 0.6) is 0 Å². The Hall–Kier alpha value is -2.11. The maximum absolute atomic E-state index is 13.1. The summed E-state index contributed by atoms with van der Waals surface area (Å²) in [5.41, 5.74) is 1.21. The van der Waals surface area contributed by atoms with Crippen LogP contribution in [0.3, 0.4) is 0 Å². The van der Waals surface area contributed by atoms with Gasteiger partial charge < -0.3 is 4.90 Å². The Morgan fingerprint density at radius 1 is 1.23 bits per heavy atom. The van der Waals surface area contributed by atoms with Gasteiger partial charge in [-0.25, -0.2) is 0 Å². The third-order valence-electron chi connectivity index (χ3n) is 6.00. The molecule has 2 saturated heterocycles. The molecular weight excluding hydrogens is 416 g/mol. The average Bonchev–Trinajstić information content (AvgIpc) is 2.90. The maximum Gasteiger partial charge on any atom is 0.270 e. The summed E-state index contributed by atoms with van der Waals surface area (Å²) in [6.07, 6.45) is 7.10. The van der Waals surface area contributed by atoms with Gasteiger partial charge in [0.05, 0.1) is 4.91 Å². The fourth-order valence-electron chi connectivity index (χ4n) is 4.05. The van der Waals surface area contributed by atoms with Gasteiger partial charge in [-0.1, -0.05) is 43.7 Å². The molecule has 2 aliphatic rings. The molecule has 30 heavy (non-hydrogen) atoms. The first-order valence-electron chi connectivity index (χ1n) is 10.5. The molecule has 0 N–H and O–H groups in total. The summed E-state index contributed by atoms with van der Waals surface area (Å²) in [6, 6.07) is 2.09. The number of hydrogen-bond donors (Lipinski definition) is 0. The van der Waals surface area contributed by atoms with Crippen molar-refractivity contribution in [3.8, 4) is 6.07 Å². The summed E-state index contributed by atoms with van der Waals surface area (Å²) in [5.74, 6) is 0.681. The number of carbonyl (C=O) groups is 1. The van der Waals surface area contributed by atoms with Gasteiger partial charge >= 0.3 is 0 Å². The van der Waals surface area contributed by atoms with Gasteiger partial charge in [-0.3, -0.25) is 19.1 Å². The van der Waals surface area contributed by atoms with Crippen molar-refractivity contribution in [3.05, 3.63) is 31.9 Å². The van der Waals surface area contributed by atoms with Crippen LogP contribution in [-0.4, -0.2) is 38.8 Å². The van der Waals surface area contributed by atoms with E-state index in [0.717, 1.165) is 43.7 Å². The molecule has 2 fully saturated rings. The van der Waals surface area contributed by atoms with E-state index in [4.69, 9.17) is 12.2 Å². The van der Waals surface area contributed by atoms with E-state index < -0.39 is 0 Å². The van der Waals surface area contributed by atoms with Gasteiger partial charge in [-0.2, -0.15) is 5.26 Å². The lowest BCUT2D eigenvalue weighted by Gasteiger charge is -2.28. The van der Waals surface area contributed by atoms with Crippen LogP contribution in [0.1, 0.15) is 62.6 Å². The molecule has 0 saturated carbocycles. The highest BCUT2D eigenvalue weighted by Gasteiger charge is 2.35. The number of aromatic nitrogens is 1. The van der Waals surface area contributed by atoms with Crippen molar-refractivity contribution in [2.45, 2.75) is 58.9 Å². The number of thiocarbonyl (C=S) groups is 1. The molecule has 0 spiro atoms. The molecular formula is C22H28N4O2S2. The zero-order valence-corrected chi connectivity index (χ0v) is 19.7. The molecule has 0 unspecified atom stereocenters. The van der Waals surface area contributed by atoms with Crippen molar-refractivity contribution in [2.24, 2.45) is 7.05 Å². The van der Waals surface area contributed by atoms with Gasteiger partial charge in [0.15, 0.2) is 0 Å². The predicted molar refractivity (Wildman–Crippen MR) is 127 cm³/mol. The molecule has 1 amide bonds. The number of hydrogen-bond acceptors (Lipinski definition) is 6. The first-order chi connectivity index (χ1) is 14.3. The van der Waals surface area contributed by atoms with Crippen molar-refractivity contribution in [2.75, 3.05) is 18.0 Å². The number of thioether (sulfide) groups is 1. The summed E-state index contributed by atoms with van der Waals surface area (Å²) in [6.45, 7) is 7.52. The standard InChI is InChI=1S/C22H28N4O2S2/c1-5-14(2)26-21(28)18(30-22(26)29)12-16-15(3)17(13-23)20(27)24(4)19(16)25-10-8-6-7-9-11-25/h12,14H,5-11H2,1-4H3/b18-12+/t14-/m0/s1. The Bertz CT molecular complexity index is 998. The first kappa shape index (κ1) is 22.6. The van der Waals surface area contributed by atoms with Gasteiger partial charge in [0, 0.05) is 31.7 Å². The van der Waals surface area contributed by atoms with Crippen LogP contribution in [-0.2, 0) is 11.8 Å². The van der Waals surface area contributed by atoms with Gasteiger partial charge in [0.25, 0.3) is 11.5 Å². The normalized spacial score (nSPS) is 19.9. The number of amides is 1. The van der Waals surface area contributed by atoms with Gasteiger partial charge in [0.2, 0.25) is 0 Å². The number of carbonyl (C=O) groups excluding carboxylic acids is 1. The minimum atomic E-state index is -0.293. The van der Waals surface area contributed by atoms with Crippen LogP contribution in [0.25, 0.3) is 6.08 Å². The van der Waals surface area contributed by atoms with E-state index in [1.165, 1.54) is 24.6 Å². The molecule has 0 aromatic carbocycles. The quantitative estimate of drug-likeness (QED) is 0.517. The molecule has 0 bridgehead atoms. The zero-order chi connectivity index (χ0) is 22.0. The number of rotatable bonds is 4. The second-order valence-corrected chi connectivity index (χ2v) is 9.60. The SMILES string of the molecule is CC[C@H](C)N1C(=O)/C(=C\c2c(C)c(C#N)c(=O)n(C)c2N2CCCCCC2)SC1=S. The molecule has 1 atom stereocenters. The zero-order valence-electron chi connectivity index (χ0n) is 18.0. The molecule has 0 aliphatic carbocycles. The van der Waals surface area contributed by atoms with Gasteiger partial charge in [-0.15, -0.1) is 0 Å². The predicted octanol–water partition coefficient (Wildman–Crippen LogP) is 3.95. The van der Waals surface area contributed by atoms with Crippen LogP contribution in [0, 0.1) is 18.3 Å². The largest absolute Gasteiger partial charge is 0.357 e. The maximum atomic E-state index is 13.1. The van der Waals surface area contributed by atoms with Crippen LogP contribution in [0.15, 0.2) is 9.70 Å². The van der Waals surface area contributed by atoms with E-state index in [-0.39, 0.29) is 23.1 Å². The molecule has 0 radical (unpaired) electrons. The fourth-order valence-corrected chi connectivity index (χ4v) is 5.49. The Balaban J connectivity index is 2.18. The van der Waals surface area contributed by atoms with Crippen molar-refractivity contribution < 1.29 is 4.79 Å². The third-order valence-corrected chi connectivity index (χ3v) is 7.33. The Labute approximate surface area is 187 Å². The number of pyridine rings is 1. The molecule has 1 aromatic heterocycles. The molecule has 3 heterocycles. The lowest BCUT2D eigenvalue weighted by molar-refractivity contribution is -0.123. The lowest BCUT2D eigenvalue weighted by Crippen LogP contribution is -2.36. The number of nitrogens with zero attached hydrogens (tertiary/aromatic N) is 4. The monoisotopic (exact) mass is 444 g/mol. The highest BCUT2D eigenvalue weighted by molar-refractivity contribution is 8.26. The van der Waals surface area contributed by atoms with Crippen LogP contribution in [0.4, 0.5) is 5.82 Å². The topological polar surface area (TPSA) is 69.3 Å². The third kappa shape index (κ3) is 4.06. The van der Waals surface area contributed by atoms with E-state index in [1.807, 2.05) is 19.9 Å². The Kier molecular flexibility index (Phi) is 7.04. The molecule has 1 aromatic rings. The minimum Gasteiger partial charge on any atom is -0.357 e. The molecule has 8 heteroatoms. The van der Waals surface area contributed by atoms with Gasteiger partial charge in [0.1, 0.15) is 21.8 Å². The molecule has 2 aliphatic heterocycles. The van der Waals surface area contributed by atoms with Crippen LogP contribution >= 0.6 is 24.0 Å². The summed E-state index contributed by atoms with van der Waals surface area (Å²) < 4.78 is 2.12. The smallest absolute Gasteiger partial charge is 0.270 e. The highest BCUT2D eigenvalue weighted by Crippen LogP contribution is 2.37. The van der Waals surface area contributed by atoms with Gasteiger partial charge in [-0.05, 0) is 44.7 Å². The number of anilines is 1. The summed E-state index contributed by atoms with van der Waals surface area (Å²) >= 11 is 6.76. The highest BCUT2D eigenvalue weighted by atomic mass is 32.2. The Morgan fingerprint density at radius 2 is 1.87 bits per heavy atom. The van der Waals surface area contributed by atoms with Crippen molar-refractivity contribution in [1.29, 1.82) is 5.26 Å².